The molecule has 1 aliphatic carbocycles. The summed E-state index contributed by atoms with van der Waals surface area (Å²) in [5.41, 5.74) is 3.34. The summed E-state index contributed by atoms with van der Waals surface area (Å²) in [6, 6.07) is 0. The van der Waals surface area contributed by atoms with Crippen LogP contribution in [0, 0.1) is 0 Å². The van der Waals surface area contributed by atoms with Gasteiger partial charge in [-0.1, -0.05) is 23.3 Å². The van der Waals surface area contributed by atoms with Crippen LogP contribution in [-0.2, 0) is 0 Å². The van der Waals surface area contributed by atoms with Crippen LogP contribution in [0.15, 0.2) is 22.8 Å². The Morgan fingerprint density at radius 2 is 2.27 bits per heavy atom. The molecule has 11 heavy (non-hydrogen) atoms. The summed E-state index contributed by atoms with van der Waals surface area (Å²) in [4.78, 5) is 0. The summed E-state index contributed by atoms with van der Waals surface area (Å²) < 4.78 is 0. The van der Waals surface area contributed by atoms with Gasteiger partial charge in [-0.15, -0.1) is 0 Å². The lowest BCUT2D eigenvalue weighted by atomic mass is 10.1. The van der Waals surface area contributed by atoms with E-state index in [1.165, 1.54) is 5.57 Å². The van der Waals surface area contributed by atoms with Crippen molar-refractivity contribution in [2.75, 3.05) is 6.54 Å². The maximum atomic E-state index is 8.43. The molecular weight excluding hydrogens is 162 g/mol. The third-order valence-electron chi connectivity index (χ3n) is 1.72. The lowest BCUT2D eigenvalue weighted by molar-refractivity contribution is 0.176. The fourth-order valence-corrected chi connectivity index (χ4v) is 1.30. The zero-order chi connectivity index (χ0) is 8.10. The average molecular weight is 174 g/mol. The molecule has 0 amide bonds. The number of hydroxylamine groups is 1. The van der Waals surface area contributed by atoms with Gasteiger partial charge in [-0.2, -0.15) is 0 Å². The Morgan fingerprint density at radius 3 is 3.00 bits per heavy atom. The minimum atomic E-state index is 0.542. The number of halogens is 1. The van der Waals surface area contributed by atoms with Crippen molar-refractivity contribution < 1.29 is 5.21 Å². The summed E-state index contributed by atoms with van der Waals surface area (Å²) in [7, 11) is 0. The van der Waals surface area contributed by atoms with E-state index in [1.54, 1.807) is 0 Å². The number of allylic oxidation sites excluding steroid dienone is 3. The molecule has 0 aromatic carbocycles. The summed E-state index contributed by atoms with van der Waals surface area (Å²) in [5, 5.41) is 9.33. The second kappa shape index (κ2) is 4.54. The Labute approximate surface area is 71.5 Å². The second-order valence-corrected chi connectivity index (χ2v) is 3.11. The van der Waals surface area contributed by atoms with E-state index in [0.29, 0.717) is 6.54 Å². The fraction of sp³-hybridized carbons (Fsp3) is 0.500. The van der Waals surface area contributed by atoms with Crippen molar-refractivity contribution in [3.63, 3.8) is 0 Å². The molecule has 0 unspecified atom stereocenters. The van der Waals surface area contributed by atoms with Crippen LogP contribution in [0.3, 0.4) is 0 Å². The smallest absolute Gasteiger partial charge is 0.0420 e. The van der Waals surface area contributed by atoms with Gasteiger partial charge in [0.15, 0.2) is 0 Å². The third kappa shape index (κ3) is 3.06. The van der Waals surface area contributed by atoms with Crippen LogP contribution < -0.4 is 5.48 Å². The highest BCUT2D eigenvalue weighted by Gasteiger charge is 2.01. The average Bonchev–Trinajstić information content (AvgIpc) is 2.17. The number of rotatable bonds is 2. The first-order chi connectivity index (χ1) is 5.33. The van der Waals surface area contributed by atoms with Gasteiger partial charge in [0, 0.05) is 11.6 Å². The summed E-state index contributed by atoms with van der Waals surface area (Å²) in [6.07, 6.45) is 6.91. The van der Waals surface area contributed by atoms with Gasteiger partial charge in [0.2, 0.25) is 0 Å². The zero-order valence-corrected chi connectivity index (χ0v) is 7.06. The molecule has 0 spiro atoms. The Hall–Kier alpha value is -0.310. The quantitative estimate of drug-likeness (QED) is 0.628. The van der Waals surface area contributed by atoms with Crippen LogP contribution in [0.5, 0.6) is 0 Å². The maximum absolute atomic E-state index is 8.43. The highest BCUT2D eigenvalue weighted by Crippen LogP contribution is 2.19. The van der Waals surface area contributed by atoms with Gasteiger partial charge in [0.1, 0.15) is 0 Å². The van der Waals surface area contributed by atoms with E-state index in [1.807, 2.05) is 12.2 Å². The molecule has 0 bridgehead atoms. The van der Waals surface area contributed by atoms with E-state index in [9.17, 15) is 0 Å². The van der Waals surface area contributed by atoms with Crippen molar-refractivity contribution in [1.29, 1.82) is 0 Å². The van der Waals surface area contributed by atoms with Crippen molar-refractivity contribution >= 4 is 11.6 Å². The van der Waals surface area contributed by atoms with E-state index >= 15 is 0 Å². The molecule has 2 N–H and O–H groups in total. The Balaban J connectivity index is 2.52. The number of hydrogen-bond acceptors (Lipinski definition) is 2. The lowest BCUT2D eigenvalue weighted by Crippen LogP contribution is -2.10. The molecule has 0 radical (unpaired) electrons. The molecule has 3 heteroatoms. The van der Waals surface area contributed by atoms with Crippen LogP contribution >= 0.6 is 11.6 Å². The molecule has 0 saturated heterocycles. The molecule has 0 fully saturated rings. The summed E-state index contributed by atoms with van der Waals surface area (Å²) in [5.74, 6) is 0. The Morgan fingerprint density at radius 1 is 1.45 bits per heavy atom. The van der Waals surface area contributed by atoms with Crippen LogP contribution in [0.1, 0.15) is 19.3 Å². The maximum Gasteiger partial charge on any atom is 0.0420 e. The van der Waals surface area contributed by atoms with Gasteiger partial charge in [-0.05, 0) is 25.3 Å². The fourth-order valence-electron chi connectivity index (χ4n) is 1.11. The number of hydrogen-bond donors (Lipinski definition) is 2. The van der Waals surface area contributed by atoms with Crippen LogP contribution in [0.25, 0.3) is 0 Å². The molecule has 0 aliphatic heterocycles. The van der Waals surface area contributed by atoms with Gasteiger partial charge in [0.05, 0.1) is 0 Å². The van der Waals surface area contributed by atoms with E-state index in [2.05, 4.69) is 5.48 Å². The monoisotopic (exact) mass is 173 g/mol. The van der Waals surface area contributed by atoms with E-state index in [0.717, 1.165) is 24.3 Å². The molecule has 62 valence electrons. The molecule has 0 aromatic heterocycles. The van der Waals surface area contributed by atoms with Gasteiger partial charge in [0.25, 0.3) is 0 Å². The van der Waals surface area contributed by atoms with Crippen molar-refractivity contribution in [3.05, 3.63) is 22.8 Å². The third-order valence-corrected chi connectivity index (χ3v) is 2.03. The Kier molecular flexibility index (Phi) is 3.63. The highest BCUT2D eigenvalue weighted by molar-refractivity contribution is 6.29. The first-order valence-electron chi connectivity index (χ1n) is 3.74. The largest absolute Gasteiger partial charge is 0.317 e. The normalized spacial score (nSPS) is 18.7. The minimum absolute atomic E-state index is 0.542. The first-order valence-corrected chi connectivity index (χ1v) is 4.12. The van der Waals surface area contributed by atoms with Gasteiger partial charge in [-0.25, -0.2) is 5.48 Å². The molecule has 1 aliphatic rings. The predicted molar refractivity (Wildman–Crippen MR) is 45.7 cm³/mol. The number of nitrogens with one attached hydrogen (secondary N) is 1. The molecule has 0 saturated carbocycles. The molecule has 0 heterocycles. The standard InChI is InChI=1S/C8H12ClNO/c9-8-3-1-2-7(4-5-8)6-10-11/h4-5,10-11H,1-3,6H2. The zero-order valence-electron chi connectivity index (χ0n) is 6.31. The molecule has 0 atom stereocenters. The lowest BCUT2D eigenvalue weighted by Gasteiger charge is -2.01. The molecule has 2 nitrogen and oxygen atoms in total. The van der Waals surface area contributed by atoms with Crippen molar-refractivity contribution in [2.24, 2.45) is 0 Å². The van der Waals surface area contributed by atoms with Crippen LogP contribution in [0.4, 0.5) is 0 Å². The highest BCUT2D eigenvalue weighted by atomic mass is 35.5. The van der Waals surface area contributed by atoms with E-state index in [-0.39, 0.29) is 0 Å². The SMILES string of the molecule is ONCC1=CC=C(Cl)CCC1. The summed E-state index contributed by atoms with van der Waals surface area (Å²) >= 11 is 5.82. The second-order valence-electron chi connectivity index (χ2n) is 2.63. The molecular formula is C8H12ClNO. The van der Waals surface area contributed by atoms with Crippen LogP contribution in [0.2, 0.25) is 0 Å². The van der Waals surface area contributed by atoms with Crippen molar-refractivity contribution in [2.45, 2.75) is 19.3 Å². The summed E-state index contributed by atoms with van der Waals surface area (Å²) in [6.45, 7) is 0.542. The Bertz CT molecular complexity index is 183. The first kappa shape index (κ1) is 8.78. The molecule has 1 rings (SSSR count). The van der Waals surface area contributed by atoms with Gasteiger partial charge < -0.3 is 5.21 Å². The minimum Gasteiger partial charge on any atom is -0.317 e. The topological polar surface area (TPSA) is 32.3 Å². The van der Waals surface area contributed by atoms with Crippen molar-refractivity contribution in [1.82, 2.24) is 5.48 Å². The van der Waals surface area contributed by atoms with Gasteiger partial charge >= 0.3 is 0 Å². The van der Waals surface area contributed by atoms with Gasteiger partial charge in [-0.3, -0.25) is 0 Å². The molecule has 0 aromatic rings. The predicted octanol–water partition coefficient (Wildman–Crippen LogP) is 2.20. The van der Waals surface area contributed by atoms with E-state index < -0.39 is 0 Å². The van der Waals surface area contributed by atoms with Crippen molar-refractivity contribution in [3.8, 4) is 0 Å². The van der Waals surface area contributed by atoms with Crippen LogP contribution in [-0.4, -0.2) is 11.8 Å². The van der Waals surface area contributed by atoms with E-state index in [4.69, 9.17) is 16.8 Å².